The highest BCUT2D eigenvalue weighted by molar-refractivity contribution is 7.89. The van der Waals surface area contributed by atoms with Gasteiger partial charge >= 0.3 is 0 Å². The SMILES string of the molecule is Nc1ncccc1S(=O)(=O)N(CC1CCCCC1)C1CC1. The van der Waals surface area contributed by atoms with Crippen LogP contribution >= 0.6 is 0 Å². The molecule has 1 aromatic heterocycles. The zero-order valence-corrected chi connectivity index (χ0v) is 13.1. The molecule has 116 valence electrons. The molecule has 6 heteroatoms. The van der Waals surface area contributed by atoms with Crippen LogP contribution in [0, 0.1) is 5.92 Å². The van der Waals surface area contributed by atoms with Crippen LogP contribution < -0.4 is 5.73 Å². The van der Waals surface area contributed by atoms with Gasteiger partial charge in [-0.2, -0.15) is 4.31 Å². The molecule has 0 aliphatic heterocycles. The molecule has 0 atom stereocenters. The second kappa shape index (κ2) is 5.93. The molecule has 0 aromatic carbocycles. The average molecular weight is 309 g/mol. The number of nitrogens with zero attached hydrogens (tertiary/aromatic N) is 2. The highest BCUT2D eigenvalue weighted by Crippen LogP contribution is 2.36. The summed E-state index contributed by atoms with van der Waals surface area (Å²) in [5.41, 5.74) is 5.78. The third-order valence-electron chi connectivity index (χ3n) is 4.50. The Hall–Kier alpha value is -1.14. The first-order chi connectivity index (χ1) is 10.1. The maximum atomic E-state index is 12.9. The number of sulfonamides is 1. The minimum Gasteiger partial charge on any atom is -0.383 e. The molecule has 3 rings (SSSR count). The molecule has 2 saturated carbocycles. The van der Waals surface area contributed by atoms with Crippen LogP contribution in [-0.2, 0) is 10.0 Å². The van der Waals surface area contributed by atoms with E-state index in [1.54, 1.807) is 16.4 Å². The van der Waals surface area contributed by atoms with Crippen LogP contribution in [0.15, 0.2) is 23.2 Å². The first-order valence-electron chi connectivity index (χ1n) is 7.81. The molecule has 2 N–H and O–H groups in total. The summed E-state index contributed by atoms with van der Waals surface area (Å²) in [4.78, 5) is 4.09. The van der Waals surface area contributed by atoms with Gasteiger partial charge in [0.2, 0.25) is 10.0 Å². The molecule has 0 bridgehead atoms. The molecule has 1 heterocycles. The van der Waals surface area contributed by atoms with Gasteiger partial charge in [-0.25, -0.2) is 13.4 Å². The van der Waals surface area contributed by atoms with Crippen molar-refractivity contribution in [3.05, 3.63) is 18.3 Å². The van der Waals surface area contributed by atoms with Crippen LogP contribution in [0.4, 0.5) is 5.82 Å². The summed E-state index contributed by atoms with van der Waals surface area (Å²) in [6, 6.07) is 3.36. The predicted octanol–water partition coefficient (Wildman–Crippen LogP) is 2.40. The highest BCUT2D eigenvalue weighted by atomic mass is 32.2. The van der Waals surface area contributed by atoms with E-state index in [1.165, 1.54) is 25.5 Å². The zero-order chi connectivity index (χ0) is 14.9. The van der Waals surface area contributed by atoms with Crippen molar-refractivity contribution in [2.45, 2.75) is 55.9 Å². The molecule has 1 aromatic rings. The molecular weight excluding hydrogens is 286 g/mol. The standard InChI is InChI=1S/C15H23N3O2S/c16-15-14(7-4-10-17-15)21(19,20)18(13-8-9-13)11-12-5-2-1-3-6-12/h4,7,10,12-13H,1-3,5-6,8-9,11H2,(H2,16,17). The topological polar surface area (TPSA) is 76.3 Å². The summed E-state index contributed by atoms with van der Waals surface area (Å²) in [5, 5.41) is 0. The van der Waals surface area contributed by atoms with Crippen molar-refractivity contribution in [2.24, 2.45) is 5.92 Å². The fourth-order valence-electron chi connectivity index (χ4n) is 3.18. The Bertz CT molecular complexity index is 593. The van der Waals surface area contributed by atoms with Crippen molar-refractivity contribution in [1.82, 2.24) is 9.29 Å². The lowest BCUT2D eigenvalue weighted by Gasteiger charge is -2.29. The lowest BCUT2D eigenvalue weighted by atomic mass is 9.89. The number of nitrogen functional groups attached to an aromatic ring is 1. The maximum absolute atomic E-state index is 12.9. The van der Waals surface area contributed by atoms with Crippen molar-refractivity contribution in [3.8, 4) is 0 Å². The predicted molar refractivity (Wildman–Crippen MR) is 82.1 cm³/mol. The Morgan fingerprint density at radius 3 is 2.52 bits per heavy atom. The van der Waals surface area contributed by atoms with Gasteiger partial charge < -0.3 is 5.73 Å². The van der Waals surface area contributed by atoms with E-state index in [0.29, 0.717) is 12.5 Å². The second-order valence-corrected chi connectivity index (χ2v) is 8.06. The third kappa shape index (κ3) is 3.21. The normalized spacial score (nSPS) is 20.8. The molecule has 2 fully saturated rings. The fraction of sp³-hybridized carbons (Fsp3) is 0.667. The number of hydrogen-bond acceptors (Lipinski definition) is 4. The summed E-state index contributed by atoms with van der Waals surface area (Å²) in [6.07, 6.45) is 9.45. The third-order valence-corrected chi connectivity index (χ3v) is 6.47. The second-order valence-electron chi connectivity index (χ2n) is 6.20. The van der Waals surface area contributed by atoms with Crippen LogP contribution in [-0.4, -0.2) is 30.3 Å². The molecular formula is C15H23N3O2S. The maximum Gasteiger partial charge on any atom is 0.246 e. The smallest absolute Gasteiger partial charge is 0.246 e. The fourth-order valence-corrected chi connectivity index (χ4v) is 5.01. The highest BCUT2D eigenvalue weighted by Gasteiger charge is 2.40. The Kier molecular flexibility index (Phi) is 4.17. The quantitative estimate of drug-likeness (QED) is 0.906. The Morgan fingerprint density at radius 1 is 1.19 bits per heavy atom. The van der Waals surface area contributed by atoms with E-state index in [1.807, 2.05) is 0 Å². The number of aromatic nitrogens is 1. The van der Waals surface area contributed by atoms with E-state index in [9.17, 15) is 8.42 Å². The van der Waals surface area contributed by atoms with E-state index in [2.05, 4.69) is 4.98 Å². The van der Waals surface area contributed by atoms with Gasteiger partial charge in [0.1, 0.15) is 10.7 Å². The summed E-state index contributed by atoms with van der Waals surface area (Å²) in [6.45, 7) is 0.640. The van der Waals surface area contributed by atoms with E-state index in [4.69, 9.17) is 5.73 Å². The largest absolute Gasteiger partial charge is 0.383 e. The number of hydrogen-bond donors (Lipinski definition) is 1. The van der Waals surface area contributed by atoms with Crippen molar-refractivity contribution >= 4 is 15.8 Å². The molecule has 0 unspecified atom stereocenters. The van der Waals surface area contributed by atoms with E-state index in [0.717, 1.165) is 25.7 Å². The van der Waals surface area contributed by atoms with E-state index >= 15 is 0 Å². The summed E-state index contributed by atoms with van der Waals surface area (Å²) < 4.78 is 27.5. The van der Waals surface area contributed by atoms with Crippen LogP contribution in [0.3, 0.4) is 0 Å². The zero-order valence-electron chi connectivity index (χ0n) is 12.2. The van der Waals surface area contributed by atoms with Gasteiger partial charge in [-0.15, -0.1) is 0 Å². The minimum atomic E-state index is -3.52. The molecule has 0 spiro atoms. The minimum absolute atomic E-state index is 0.104. The van der Waals surface area contributed by atoms with Crippen LogP contribution in [0.2, 0.25) is 0 Å². The van der Waals surface area contributed by atoms with Gasteiger partial charge in [-0.1, -0.05) is 19.3 Å². The molecule has 21 heavy (non-hydrogen) atoms. The Balaban J connectivity index is 1.84. The Labute approximate surface area is 126 Å². The molecule has 0 radical (unpaired) electrons. The van der Waals surface area contributed by atoms with Gasteiger partial charge in [-0.05, 0) is 43.7 Å². The first kappa shape index (κ1) is 14.8. The lowest BCUT2D eigenvalue weighted by Crippen LogP contribution is -2.38. The van der Waals surface area contributed by atoms with Crippen molar-refractivity contribution in [2.75, 3.05) is 12.3 Å². The average Bonchev–Trinajstić information content (AvgIpc) is 3.30. The molecule has 2 aliphatic rings. The summed E-state index contributed by atoms with van der Waals surface area (Å²) >= 11 is 0. The summed E-state index contributed by atoms with van der Waals surface area (Å²) in [5.74, 6) is 0.596. The monoisotopic (exact) mass is 309 g/mol. The van der Waals surface area contributed by atoms with Gasteiger partial charge in [0, 0.05) is 18.8 Å². The molecule has 5 nitrogen and oxygen atoms in total. The van der Waals surface area contributed by atoms with Crippen molar-refractivity contribution in [1.29, 1.82) is 0 Å². The van der Waals surface area contributed by atoms with Crippen molar-refractivity contribution in [3.63, 3.8) is 0 Å². The van der Waals surface area contributed by atoms with Crippen LogP contribution in [0.1, 0.15) is 44.9 Å². The van der Waals surface area contributed by atoms with Crippen LogP contribution in [0.25, 0.3) is 0 Å². The van der Waals surface area contributed by atoms with Gasteiger partial charge in [0.25, 0.3) is 0 Å². The number of rotatable bonds is 5. The van der Waals surface area contributed by atoms with E-state index < -0.39 is 10.0 Å². The van der Waals surface area contributed by atoms with Crippen LogP contribution in [0.5, 0.6) is 0 Å². The van der Waals surface area contributed by atoms with E-state index in [-0.39, 0.29) is 16.8 Å². The number of pyridine rings is 1. The van der Waals surface area contributed by atoms with Crippen molar-refractivity contribution < 1.29 is 8.42 Å². The molecule has 2 aliphatic carbocycles. The number of anilines is 1. The first-order valence-corrected chi connectivity index (χ1v) is 9.25. The van der Waals surface area contributed by atoms with Gasteiger partial charge in [-0.3, -0.25) is 0 Å². The van der Waals surface area contributed by atoms with Gasteiger partial charge in [0.15, 0.2) is 0 Å². The Morgan fingerprint density at radius 2 is 1.90 bits per heavy atom. The molecule has 0 saturated heterocycles. The molecule has 0 amide bonds. The van der Waals surface area contributed by atoms with Gasteiger partial charge in [0.05, 0.1) is 0 Å². The summed E-state index contributed by atoms with van der Waals surface area (Å²) in [7, 11) is -3.52. The number of nitrogens with two attached hydrogens (primary N) is 1. The lowest BCUT2D eigenvalue weighted by molar-refractivity contribution is 0.274.